The van der Waals surface area contributed by atoms with Gasteiger partial charge in [0, 0.05) is 25.2 Å². The molecule has 0 radical (unpaired) electrons. The first-order valence-corrected chi connectivity index (χ1v) is 9.45. The van der Waals surface area contributed by atoms with Crippen LogP contribution in [0.15, 0.2) is 29.2 Å². The molecule has 0 bridgehead atoms. The molecule has 0 aliphatic heterocycles. The number of benzene rings is 1. The van der Waals surface area contributed by atoms with Crippen LogP contribution in [-0.2, 0) is 10.0 Å². The predicted octanol–water partition coefficient (Wildman–Crippen LogP) is 2.39. The van der Waals surface area contributed by atoms with Crippen molar-refractivity contribution in [2.45, 2.75) is 37.4 Å². The molecule has 27 heavy (non-hydrogen) atoms. The van der Waals surface area contributed by atoms with Crippen LogP contribution in [-0.4, -0.2) is 51.0 Å². The topological polar surface area (TPSA) is 92.5 Å². The number of hydrogen-bond acceptors (Lipinski definition) is 4. The lowest BCUT2D eigenvalue weighted by Gasteiger charge is -2.21. The molecule has 11 heteroatoms. The van der Waals surface area contributed by atoms with Gasteiger partial charge in [-0.2, -0.15) is 13.2 Å². The molecule has 0 saturated heterocycles. The summed E-state index contributed by atoms with van der Waals surface area (Å²) in [4.78, 5) is 11.6. The van der Waals surface area contributed by atoms with Crippen LogP contribution < -0.4 is 11.1 Å². The summed E-state index contributed by atoms with van der Waals surface area (Å²) in [6.07, 6.45) is -4.09. The van der Waals surface area contributed by atoms with E-state index in [-0.39, 0.29) is 41.4 Å². The van der Waals surface area contributed by atoms with Crippen molar-refractivity contribution in [3.05, 3.63) is 29.8 Å². The zero-order valence-electron chi connectivity index (χ0n) is 15.3. The Labute approximate surface area is 163 Å². The van der Waals surface area contributed by atoms with E-state index >= 15 is 0 Å². The summed E-state index contributed by atoms with van der Waals surface area (Å²) in [5.41, 5.74) is 5.75. The zero-order chi connectivity index (χ0) is 20.1. The first-order valence-electron chi connectivity index (χ1n) is 8.01. The van der Waals surface area contributed by atoms with Crippen molar-refractivity contribution < 1.29 is 26.4 Å². The van der Waals surface area contributed by atoms with E-state index in [2.05, 4.69) is 0 Å². The molecule has 1 atom stereocenters. The van der Waals surface area contributed by atoms with Gasteiger partial charge in [0.05, 0.1) is 4.90 Å². The van der Waals surface area contributed by atoms with Gasteiger partial charge in [0.2, 0.25) is 10.0 Å². The number of halogens is 4. The van der Waals surface area contributed by atoms with Gasteiger partial charge in [-0.3, -0.25) is 4.79 Å². The van der Waals surface area contributed by atoms with Crippen LogP contribution in [0, 0.1) is 5.92 Å². The van der Waals surface area contributed by atoms with Gasteiger partial charge in [-0.25, -0.2) is 12.7 Å². The Morgan fingerprint density at radius 2 is 1.89 bits per heavy atom. The summed E-state index contributed by atoms with van der Waals surface area (Å²) in [5.74, 6) is -0.796. The lowest BCUT2D eigenvalue weighted by molar-refractivity contribution is -0.123. The first kappa shape index (κ1) is 25.6. The normalized spacial score (nSPS) is 13.4. The molecule has 0 heterocycles. The number of nitrogens with two attached hydrogens (primary N) is 1. The number of nitrogens with one attached hydrogen (secondary N) is 1. The fourth-order valence-electron chi connectivity index (χ4n) is 2.04. The van der Waals surface area contributed by atoms with E-state index in [0.29, 0.717) is 6.42 Å². The minimum atomic E-state index is -4.55. The van der Waals surface area contributed by atoms with E-state index in [1.54, 1.807) is 5.32 Å². The smallest absolute Gasteiger partial charge is 0.343 e. The Balaban J connectivity index is 0.00000676. The average Bonchev–Trinajstić information content (AvgIpc) is 2.56. The third-order valence-corrected chi connectivity index (χ3v) is 5.74. The number of carbonyl (C=O) groups is 1. The van der Waals surface area contributed by atoms with Gasteiger partial charge >= 0.3 is 6.18 Å². The predicted molar refractivity (Wildman–Crippen MR) is 99.3 cm³/mol. The van der Waals surface area contributed by atoms with E-state index in [1.807, 2.05) is 13.8 Å². The second-order valence-electron chi connectivity index (χ2n) is 6.35. The second-order valence-corrected chi connectivity index (χ2v) is 8.39. The molecule has 1 unspecified atom stereocenters. The van der Waals surface area contributed by atoms with Crippen molar-refractivity contribution in [3.63, 3.8) is 0 Å². The van der Waals surface area contributed by atoms with E-state index in [1.165, 1.54) is 25.2 Å². The number of rotatable bonds is 8. The van der Waals surface area contributed by atoms with Gasteiger partial charge in [0.25, 0.3) is 5.91 Å². The third-order valence-electron chi connectivity index (χ3n) is 3.89. The monoisotopic (exact) mass is 431 g/mol. The van der Waals surface area contributed by atoms with Crippen LogP contribution in [0.5, 0.6) is 0 Å². The number of alkyl halides is 3. The van der Waals surface area contributed by atoms with Gasteiger partial charge in [0.15, 0.2) is 0 Å². The van der Waals surface area contributed by atoms with E-state index in [0.717, 1.165) is 10.4 Å². The van der Waals surface area contributed by atoms with Crippen LogP contribution in [0.2, 0.25) is 0 Å². The SMILES string of the molecule is CC(C)C(N)CCN(C)S(=O)(=O)c1cccc(C(=O)NCC(F)(F)F)c1.Cl. The van der Waals surface area contributed by atoms with Crippen molar-refractivity contribution in [2.24, 2.45) is 11.7 Å². The van der Waals surface area contributed by atoms with Gasteiger partial charge in [-0.15, -0.1) is 12.4 Å². The minimum absolute atomic E-state index is 0. The van der Waals surface area contributed by atoms with Crippen LogP contribution in [0.3, 0.4) is 0 Å². The number of sulfonamides is 1. The van der Waals surface area contributed by atoms with Gasteiger partial charge in [0.1, 0.15) is 6.54 Å². The molecule has 1 rings (SSSR count). The Bertz CT molecular complexity index is 727. The molecule has 1 amide bonds. The highest BCUT2D eigenvalue weighted by molar-refractivity contribution is 7.89. The summed E-state index contributed by atoms with van der Waals surface area (Å²) in [6.45, 7) is 2.56. The zero-order valence-corrected chi connectivity index (χ0v) is 16.9. The van der Waals surface area contributed by atoms with Gasteiger partial charge < -0.3 is 11.1 Å². The van der Waals surface area contributed by atoms with Crippen molar-refractivity contribution in [3.8, 4) is 0 Å². The average molecular weight is 432 g/mol. The quantitative estimate of drug-likeness (QED) is 0.661. The molecule has 3 N–H and O–H groups in total. The number of nitrogens with zero attached hydrogens (tertiary/aromatic N) is 1. The highest BCUT2D eigenvalue weighted by Crippen LogP contribution is 2.18. The maximum Gasteiger partial charge on any atom is 0.405 e. The standard InChI is InChI=1S/C16H24F3N3O3S.ClH/c1-11(2)14(20)7-8-22(3)26(24,25)13-6-4-5-12(9-13)15(23)21-10-16(17,18)19;/h4-6,9,11,14H,7-8,10,20H2,1-3H3,(H,21,23);1H. The Hall–Kier alpha value is -1.36. The fourth-order valence-corrected chi connectivity index (χ4v) is 3.28. The third kappa shape index (κ3) is 8.04. The summed E-state index contributed by atoms with van der Waals surface area (Å²) in [5, 5.41) is 1.71. The van der Waals surface area contributed by atoms with Crippen LogP contribution in [0.4, 0.5) is 13.2 Å². The maximum absolute atomic E-state index is 12.6. The highest BCUT2D eigenvalue weighted by atomic mass is 35.5. The lowest BCUT2D eigenvalue weighted by Crippen LogP contribution is -2.35. The molecule has 6 nitrogen and oxygen atoms in total. The van der Waals surface area contributed by atoms with Crippen molar-refractivity contribution >= 4 is 28.3 Å². The molecule has 1 aromatic rings. The van der Waals surface area contributed by atoms with Crippen molar-refractivity contribution in [2.75, 3.05) is 20.1 Å². The Morgan fingerprint density at radius 1 is 1.30 bits per heavy atom. The molecule has 156 valence electrons. The maximum atomic E-state index is 12.6. The molecule has 0 fully saturated rings. The molecule has 0 aliphatic carbocycles. The summed E-state index contributed by atoms with van der Waals surface area (Å²) in [7, 11) is -2.50. The first-order chi connectivity index (χ1) is 11.8. The summed E-state index contributed by atoms with van der Waals surface area (Å²) in [6, 6.07) is 4.74. The van der Waals surface area contributed by atoms with Crippen LogP contribution in [0.25, 0.3) is 0 Å². The fraction of sp³-hybridized carbons (Fsp3) is 0.562. The lowest BCUT2D eigenvalue weighted by atomic mass is 10.0. The summed E-state index contributed by atoms with van der Waals surface area (Å²) < 4.78 is 62.8. The Morgan fingerprint density at radius 3 is 2.41 bits per heavy atom. The Kier molecular flexibility index (Phi) is 9.74. The molecular formula is C16H25ClF3N3O3S. The minimum Gasteiger partial charge on any atom is -0.343 e. The number of carbonyl (C=O) groups excluding carboxylic acids is 1. The van der Waals surface area contributed by atoms with E-state index < -0.39 is 28.7 Å². The van der Waals surface area contributed by atoms with Gasteiger partial charge in [-0.05, 0) is 30.5 Å². The largest absolute Gasteiger partial charge is 0.405 e. The van der Waals surface area contributed by atoms with Crippen molar-refractivity contribution in [1.29, 1.82) is 0 Å². The van der Waals surface area contributed by atoms with Crippen LogP contribution >= 0.6 is 12.4 Å². The van der Waals surface area contributed by atoms with E-state index in [4.69, 9.17) is 5.73 Å². The molecule has 0 aliphatic rings. The van der Waals surface area contributed by atoms with Gasteiger partial charge in [-0.1, -0.05) is 19.9 Å². The highest BCUT2D eigenvalue weighted by Gasteiger charge is 2.28. The molecule has 0 aromatic heterocycles. The second kappa shape index (κ2) is 10.3. The number of hydrogen-bond donors (Lipinski definition) is 2. The van der Waals surface area contributed by atoms with E-state index in [9.17, 15) is 26.4 Å². The molecule has 0 spiro atoms. The molecular weight excluding hydrogens is 407 g/mol. The van der Waals surface area contributed by atoms with Crippen LogP contribution in [0.1, 0.15) is 30.6 Å². The number of amides is 1. The molecule has 0 saturated carbocycles. The molecule has 1 aromatic carbocycles. The van der Waals surface area contributed by atoms with Crippen molar-refractivity contribution in [1.82, 2.24) is 9.62 Å². The summed E-state index contributed by atoms with van der Waals surface area (Å²) >= 11 is 0.